The van der Waals surface area contributed by atoms with Gasteiger partial charge in [0.1, 0.15) is 23.4 Å². The summed E-state index contributed by atoms with van der Waals surface area (Å²) in [4.78, 5) is 66.2. The monoisotopic (exact) mass is 608 g/mol. The van der Waals surface area contributed by atoms with Crippen LogP contribution in [0.2, 0.25) is 0 Å². The van der Waals surface area contributed by atoms with E-state index in [9.17, 15) is 29.1 Å². The zero-order chi connectivity index (χ0) is 32.2. The van der Waals surface area contributed by atoms with Gasteiger partial charge in [0.15, 0.2) is 18.0 Å². The summed E-state index contributed by atoms with van der Waals surface area (Å²) in [5.41, 5.74) is -6.92. The molecule has 5 rings (SSSR count). The van der Waals surface area contributed by atoms with E-state index in [1.807, 2.05) is 0 Å². The van der Waals surface area contributed by atoms with Crippen LogP contribution in [-0.4, -0.2) is 76.0 Å². The minimum atomic E-state index is -2.03. The molecule has 0 amide bonds. The van der Waals surface area contributed by atoms with Crippen LogP contribution in [0.3, 0.4) is 0 Å². The molecule has 1 spiro atoms. The highest BCUT2D eigenvalue weighted by molar-refractivity contribution is 5.92. The SMILES string of the molecule is CC(=O)O[C@H]1C(=O)C[C@@](C)(O)[C@]23OC(C)(C)[C@H]([C@@H](OC(=O)c4ccccc4)[C@H](OC(=O)c4ccccc4)[C@@]12C)[C@@H]3OC(C)=O. The van der Waals surface area contributed by atoms with Gasteiger partial charge >= 0.3 is 23.9 Å². The second-order valence-electron chi connectivity index (χ2n) is 12.6. The summed E-state index contributed by atoms with van der Waals surface area (Å²) in [6, 6.07) is 16.1. The predicted octanol–water partition coefficient (Wildman–Crippen LogP) is 3.21. The minimum absolute atomic E-state index is 0.158. The number of Topliss-reactive ketones (excluding diaryl/α,β-unsaturated/α-hetero) is 1. The number of benzene rings is 2. The Labute approximate surface area is 254 Å². The number of rotatable bonds is 6. The zero-order valence-corrected chi connectivity index (χ0v) is 25.4. The first-order valence-corrected chi connectivity index (χ1v) is 14.4. The van der Waals surface area contributed by atoms with Crippen LogP contribution in [-0.2, 0) is 38.1 Å². The molecule has 2 bridgehead atoms. The molecule has 44 heavy (non-hydrogen) atoms. The first-order chi connectivity index (χ1) is 20.6. The lowest BCUT2D eigenvalue weighted by Crippen LogP contribution is -2.83. The number of fused-ring (bicyclic) bond motifs is 1. The van der Waals surface area contributed by atoms with Crippen LogP contribution in [0.1, 0.15) is 68.7 Å². The highest BCUT2D eigenvalue weighted by atomic mass is 16.6. The fourth-order valence-electron chi connectivity index (χ4n) is 7.66. The standard InChI is InChI=1S/C33H36O11/c1-18(34)40-25-22(36)17-31(5,39)33-26(41-19(2)35)23(30(3,4)44-33)24(42-28(37)20-13-9-7-10-14-20)27(32(25,33)6)43-29(38)21-15-11-8-12-16-21/h7-16,23-27,39H,17H2,1-6H3/t23-,24-,25+,26+,27+,31-,32-,33+/m1/s1. The Kier molecular flexibility index (Phi) is 7.70. The molecular formula is C33H36O11. The summed E-state index contributed by atoms with van der Waals surface area (Å²) in [5.74, 6) is -4.85. The number of aliphatic hydroxyl groups is 1. The van der Waals surface area contributed by atoms with Gasteiger partial charge in [-0.25, -0.2) is 9.59 Å². The second-order valence-corrected chi connectivity index (χ2v) is 12.6. The summed E-state index contributed by atoms with van der Waals surface area (Å²) >= 11 is 0. The largest absolute Gasteiger partial charge is 0.459 e. The molecule has 1 aliphatic heterocycles. The van der Waals surface area contributed by atoms with E-state index in [2.05, 4.69) is 0 Å². The maximum atomic E-state index is 13.8. The van der Waals surface area contributed by atoms with Crippen LogP contribution in [0, 0.1) is 11.3 Å². The van der Waals surface area contributed by atoms with Gasteiger partial charge in [-0.1, -0.05) is 36.4 Å². The molecule has 1 heterocycles. The van der Waals surface area contributed by atoms with E-state index < -0.39 is 88.6 Å². The number of carbonyl (C=O) groups is 5. The van der Waals surface area contributed by atoms with Crippen molar-refractivity contribution < 1.29 is 52.8 Å². The van der Waals surface area contributed by atoms with Gasteiger partial charge in [0, 0.05) is 20.3 Å². The molecule has 0 radical (unpaired) electrons. The number of ether oxygens (including phenoxy) is 5. The van der Waals surface area contributed by atoms with E-state index in [1.54, 1.807) is 62.4 Å². The lowest BCUT2D eigenvalue weighted by atomic mass is 9.46. The van der Waals surface area contributed by atoms with Crippen molar-refractivity contribution in [3.63, 3.8) is 0 Å². The highest BCUT2D eigenvalue weighted by Gasteiger charge is 2.87. The van der Waals surface area contributed by atoms with Crippen molar-refractivity contribution in [2.45, 2.75) is 89.2 Å². The maximum Gasteiger partial charge on any atom is 0.338 e. The van der Waals surface area contributed by atoms with Crippen molar-refractivity contribution in [2.75, 3.05) is 0 Å². The van der Waals surface area contributed by atoms with E-state index in [0.717, 1.165) is 6.92 Å². The fraction of sp³-hybridized carbons (Fsp3) is 0.485. The zero-order valence-electron chi connectivity index (χ0n) is 25.4. The van der Waals surface area contributed by atoms with Gasteiger partial charge in [0.25, 0.3) is 0 Å². The molecule has 2 aromatic rings. The van der Waals surface area contributed by atoms with E-state index in [0.29, 0.717) is 0 Å². The second kappa shape index (κ2) is 10.8. The molecule has 2 aromatic carbocycles. The fourth-order valence-corrected chi connectivity index (χ4v) is 7.66. The number of carbonyl (C=O) groups excluding carboxylic acids is 5. The van der Waals surface area contributed by atoms with Crippen LogP contribution in [0.15, 0.2) is 60.7 Å². The van der Waals surface area contributed by atoms with Crippen molar-refractivity contribution >= 4 is 29.7 Å². The first-order valence-electron chi connectivity index (χ1n) is 14.4. The summed E-state index contributed by atoms with van der Waals surface area (Å²) in [5, 5.41) is 12.1. The molecule has 3 aliphatic rings. The predicted molar refractivity (Wildman–Crippen MR) is 152 cm³/mol. The van der Waals surface area contributed by atoms with Gasteiger partial charge in [0.2, 0.25) is 0 Å². The third-order valence-electron chi connectivity index (χ3n) is 9.23. The molecule has 0 aromatic heterocycles. The number of esters is 4. The average molecular weight is 609 g/mol. The first kappa shape index (κ1) is 31.3. The van der Waals surface area contributed by atoms with Crippen molar-refractivity contribution in [3.8, 4) is 0 Å². The summed E-state index contributed by atoms with van der Waals surface area (Å²) in [6.07, 6.45) is -6.47. The maximum absolute atomic E-state index is 13.8. The number of hydrogen-bond acceptors (Lipinski definition) is 11. The molecule has 0 unspecified atom stereocenters. The number of hydrogen-bond donors (Lipinski definition) is 1. The normalized spacial score (nSPS) is 35.2. The Morgan fingerprint density at radius 3 is 1.75 bits per heavy atom. The lowest BCUT2D eigenvalue weighted by Gasteiger charge is -2.64. The van der Waals surface area contributed by atoms with Gasteiger partial charge in [-0.05, 0) is 52.0 Å². The molecule has 3 fully saturated rings. The van der Waals surface area contributed by atoms with E-state index in [4.69, 9.17) is 23.7 Å². The summed E-state index contributed by atoms with van der Waals surface area (Å²) in [6.45, 7) is 8.46. The molecule has 11 heteroatoms. The molecule has 8 atom stereocenters. The molecule has 11 nitrogen and oxygen atoms in total. The quantitative estimate of drug-likeness (QED) is 0.380. The van der Waals surface area contributed by atoms with Crippen molar-refractivity contribution in [1.82, 2.24) is 0 Å². The Bertz CT molecular complexity index is 1480. The Balaban J connectivity index is 1.79. The van der Waals surface area contributed by atoms with Crippen LogP contribution < -0.4 is 0 Å². The lowest BCUT2D eigenvalue weighted by molar-refractivity contribution is -0.324. The molecule has 234 valence electrons. The average Bonchev–Trinajstić information content (AvgIpc) is 3.16. The van der Waals surface area contributed by atoms with E-state index in [1.165, 1.54) is 32.9 Å². The molecule has 2 aliphatic carbocycles. The summed E-state index contributed by atoms with van der Waals surface area (Å²) in [7, 11) is 0. The number of ketones is 1. The van der Waals surface area contributed by atoms with E-state index in [-0.39, 0.29) is 11.1 Å². The van der Waals surface area contributed by atoms with Crippen molar-refractivity contribution in [2.24, 2.45) is 11.3 Å². The molecule has 2 saturated carbocycles. The van der Waals surface area contributed by atoms with Crippen LogP contribution in [0.25, 0.3) is 0 Å². The third kappa shape index (κ3) is 4.69. The summed E-state index contributed by atoms with van der Waals surface area (Å²) < 4.78 is 30.6. The molecular weight excluding hydrogens is 572 g/mol. The minimum Gasteiger partial charge on any atom is -0.459 e. The van der Waals surface area contributed by atoms with Gasteiger partial charge in [-0.15, -0.1) is 0 Å². The molecule has 1 N–H and O–H groups in total. The van der Waals surface area contributed by atoms with E-state index >= 15 is 0 Å². The van der Waals surface area contributed by atoms with Crippen LogP contribution in [0.4, 0.5) is 0 Å². The van der Waals surface area contributed by atoms with Crippen molar-refractivity contribution in [3.05, 3.63) is 71.8 Å². The van der Waals surface area contributed by atoms with Gasteiger partial charge in [0.05, 0.1) is 28.1 Å². The van der Waals surface area contributed by atoms with Crippen molar-refractivity contribution in [1.29, 1.82) is 0 Å². The Morgan fingerprint density at radius 1 is 0.750 bits per heavy atom. The van der Waals surface area contributed by atoms with Gasteiger partial charge < -0.3 is 28.8 Å². The van der Waals surface area contributed by atoms with Crippen LogP contribution >= 0.6 is 0 Å². The third-order valence-corrected chi connectivity index (χ3v) is 9.23. The van der Waals surface area contributed by atoms with Crippen LogP contribution in [0.5, 0.6) is 0 Å². The van der Waals surface area contributed by atoms with Gasteiger partial charge in [-0.2, -0.15) is 0 Å². The highest BCUT2D eigenvalue weighted by Crippen LogP contribution is 2.68. The Morgan fingerprint density at radius 2 is 1.25 bits per heavy atom. The molecule has 1 saturated heterocycles. The topological polar surface area (TPSA) is 152 Å². The Hall–Kier alpha value is -4.09. The van der Waals surface area contributed by atoms with Gasteiger partial charge in [-0.3, -0.25) is 14.4 Å². The smallest absolute Gasteiger partial charge is 0.338 e.